The first-order chi connectivity index (χ1) is 13.5. The Labute approximate surface area is 163 Å². The van der Waals surface area contributed by atoms with Crippen molar-refractivity contribution in [3.63, 3.8) is 0 Å². The largest absolute Gasteiger partial charge is 0.508 e. The van der Waals surface area contributed by atoms with Gasteiger partial charge in [-0.05, 0) is 23.8 Å². The maximum Gasteiger partial charge on any atom is 0.235 e. The highest BCUT2D eigenvalue weighted by Crippen LogP contribution is 2.45. The van der Waals surface area contributed by atoms with E-state index < -0.39 is 5.92 Å². The van der Waals surface area contributed by atoms with Gasteiger partial charge in [0.05, 0.1) is 26.5 Å². The fourth-order valence-electron chi connectivity index (χ4n) is 3.04. The van der Waals surface area contributed by atoms with Gasteiger partial charge in [0, 0.05) is 25.7 Å². The molecule has 28 heavy (non-hydrogen) atoms. The van der Waals surface area contributed by atoms with Crippen molar-refractivity contribution >= 4 is 6.34 Å². The molecule has 1 unspecified atom stereocenters. The fourth-order valence-corrected chi connectivity index (χ4v) is 3.04. The quantitative estimate of drug-likeness (QED) is 0.634. The summed E-state index contributed by atoms with van der Waals surface area (Å²) in [6, 6.07) is 12.6. The van der Waals surface area contributed by atoms with Crippen LogP contribution < -0.4 is 14.2 Å². The lowest BCUT2D eigenvalue weighted by molar-refractivity contribution is 0.354. The van der Waals surface area contributed by atoms with Crippen molar-refractivity contribution in [2.45, 2.75) is 5.92 Å². The molecule has 0 aliphatic carbocycles. The normalized spacial score (nSPS) is 15.6. The van der Waals surface area contributed by atoms with E-state index >= 15 is 0 Å². The van der Waals surface area contributed by atoms with Gasteiger partial charge in [0.1, 0.15) is 23.1 Å². The van der Waals surface area contributed by atoms with Crippen LogP contribution in [-0.2, 0) is 0 Å². The molecule has 7 nitrogen and oxygen atoms in total. The van der Waals surface area contributed by atoms with E-state index in [1.807, 2.05) is 26.2 Å². The van der Waals surface area contributed by atoms with Crippen molar-refractivity contribution in [3.05, 3.63) is 59.0 Å². The number of allylic oxidation sites excluding steroid dienone is 1. The SMILES string of the molecule is COc1ccc(C2C(C#N)=C(N=CN(C)C)Oc3cc(O)ccc32)cc1OC. The smallest absolute Gasteiger partial charge is 0.235 e. The first-order valence-electron chi connectivity index (χ1n) is 8.56. The maximum absolute atomic E-state index is 9.89. The van der Waals surface area contributed by atoms with Gasteiger partial charge in [0.15, 0.2) is 11.5 Å². The number of fused-ring (bicyclic) bond motifs is 1. The van der Waals surface area contributed by atoms with Gasteiger partial charge in [-0.3, -0.25) is 0 Å². The van der Waals surface area contributed by atoms with E-state index in [9.17, 15) is 10.4 Å². The Morgan fingerprint density at radius 3 is 2.54 bits per heavy atom. The number of hydrogen-bond acceptors (Lipinski definition) is 6. The van der Waals surface area contributed by atoms with Crippen molar-refractivity contribution in [2.24, 2.45) is 4.99 Å². The molecule has 0 amide bonds. The van der Waals surface area contributed by atoms with E-state index in [4.69, 9.17) is 14.2 Å². The fraction of sp³-hybridized carbons (Fsp3) is 0.238. The molecule has 0 fully saturated rings. The molecule has 2 aromatic rings. The number of nitriles is 1. The van der Waals surface area contributed by atoms with Crippen LogP contribution in [0, 0.1) is 11.3 Å². The zero-order valence-electron chi connectivity index (χ0n) is 16.1. The van der Waals surface area contributed by atoms with Crippen LogP contribution in [0.4, 0.5) is 0 Å². The van der Waals surface area contributed by atoms with Crippen LogP contribution >= 0.6 is 0 Å². The molecule has 7 heteroatoms. The third-order valence-electron chi connectivity index (χ3n) is 4.30. The molecule has 0 saturated carbocycles. The summed E-state index contributed by atoms with van der Waals surface area (Å²) in [4.78, 5) is 6.06. The molecule has 1 atom stereocenters. The number of benzene rings is 2. The van der Waals surface area contributed by atoms with E-state index in [0.717, 1.165) is 11.1 Å². The molecule has 1 aliphatic rings. The highest BCUT2D eigenvalue weighted by Gasteiger charge is 2.32. The van der Waals surface area contributed by atoms with Gasteiger partial charge >= 0.3 is 0 Å². The minimum Gasteiger partial charge on any atom is -0.508 e. The Morgan fingerprint density at radius 1 is 1.14 bits per heavy atom. The van der Waals surface area contributed by atoms with Crippen LogP contribution in [0.15, 0.2) is 52.8 Å². The van der Waals surface area contributed by atoms with Gasteiger partial charge < -0.3 is 24.2 Å². The molecular formula is C21H21N3O4. The number of rotatable bonds is 5. The van der Waals surface area contributed by atoms with Gasteiger partial charge in [0.25, 0.3) is 0 Å². The predicted molar refractivity (Wildman–Crippen MR) is 105 cm³/mol. The van der Waals surface area contributed by atoms with Crippen molar-refractivity contribution in [1.29, 1.82) is 5.26 Å². The molecule has 3 rings (SSSR count). The minimum atomic E-state index is -0.427. The molecule has 0 spiro atoms. The second kappa shape index (κ2) is 7.92. The molecule has 144 valence electrons. The Kier molecular flexibility index (Phi) is 5.41. The van der Waals surface area contributed by atoms with Gasteiger partial charge in [-0.2, -0.15) is 5.26 Å². The van der Waals surface area contributed by atoms with Crippen LogP contribution in [0.2, 0.25) is 0 Å². The third kappa shape index (κ3) is 3.58. The first-order valence-corrected chi connectivity index (χ1v) is 8.56. The Hall–Kier alpha value is -3.66. The maximum atomic E-state index is 9.89. The Bertz CT molecular complexity index is 990. The van der Waals surface area contributed by atoms with Crippen molar-refractivity contribution in [3.8, 4) is 29.1 Å². The second-order valence-corrected chi connectivity index (χ2v) is 6.41. The number of ether oxygens (including phenoxy) is 3. The summed E-state index contributed by atoms with van der Waals surface area (Å²) in [5.74, 6) is 1.43. The van der Waals surface area contributed by atoms with Crippen LogP contribution in [0.3, 0.4) is 0 Å². The molecule has 2 aromatic carbocycles. The average Bonchev–Trinajstić information content (AvgIpc) is 2.70. The Balaban J connectivity index is 2.22. The lowest BCUT2D eigenvalue weighted by Crippen LogP contribution is -2.17. The number of phenolic OH excluding ortho intramolecular Hbond substituents is 1. The van der Waals surface area contributed by atoms with Crippen LogP contribution in [-0.4, -0.2) is 44.7 Å². The van der Waals surface area contributed by atoms with E-state index in [2.05, 4.69) is 11.1 Å². The van der Waals surface area contributed by atoms with Crippen molar-refractivity contribution in [1.82, 2.24) is 4.90 Å². The van der Waals surface area contributed by atoms with Crippen molar-refractivity contribution < 1.29 is 19.3 Å². The lowest BCUT2D eigenvalue weighted by Gasteiger charge is -2.27. The van der Waals surface area contributed by atoms with Crippen LogP contribution in [0.1, 0.15) is 17.0 Å². The Morgan fingerprint density at radius 2 is 1.89 bits per heavy atom. The molecule has 1 N–H and O–H groups in total. The number of phenols is 1. The van der Waals surface area contributed by atoms with Gasteiger partial charge in [-0.1, -0.05) is 12.1 Å². The number of aromatic hydroxyl groups is 1. The van der Waals surface area contributed by atoms with Crippen LogP contribution in [0.5, 0.6) is 23.0 Å². The second-order valence-electron chi connectivity index (χ2n) is 6.41. The molecule has 0 saturated heterocycles. The first kappa shape index (κ1) is 19.1. The minimum absolute atomic E-state index is 0.0705. The summed E-state index contributed by atoms with van der Waals surface area (Å²) in [6.07, 6.45) is 1.56. The molecular weight excluding hydrogens is 358 g/mol. The molecule has 0 radical (unpaired) electrons. The molecule has 0 aromatic heterocycles. The topological polar surface area (TPSA) is 87.3 Å². The number of hydrogen-bond donors (Lipinski definition) is 1. The van der Waals surface area contributed by atoms with Gasteiger partial charge in [-0.15, -0.1) is 0 Å². The van der Waals surface area contributed by atoms with E-state index in [1.165, 1.54) is 6.07 Å². The van der Waals surface area contributed by atoms with E-state index in [-0.39, 0.29) is 11.6 Å². The summed E-state index contributed by atoms with van der Waals surface area (Å²) in [7, 11) is 6.78. The highest BCUT2D eigenvalue weighted by atomic mass is 16.5. The number of aliphatic imine (C=N–C) groups is 1. The molecule has 0 bridgehead atoms. The summed E-state index contributed by atoms with van der Waals surface area (Å²) < 4.78 is 16.6. The zero-order chi connectivity index (χ0) is 20.3. The molecule has 1 aliphatic heterocycles. The average molecular weight is 379 g/mol. The number of methoxy groups -OCH3 is 2. The summed E-state index contributed by atoms with van der Waals surface area (Å²) in [5.41, 5.74) is 1.94. The monoisotopic (exact) mass is 379 g/mol. The van der Waals surface area contributed by atoms with Gasteiger partial charge in [-0.25, -0.2) is 4.99 Å². The van der Waals surface area contributed by atoms with E-state index in [0.29, 0.717) is 22.8 Å². The van der Waals surface area contributed by atoms with E-state index in [1.54, 1.807) is 43.7 Å². The highest BCUT2D eigenvalue weighted by molar-refractivity contribution is 5.62. The summed E-state index contributed by atoms with van der Waals surface area (Å²) in [5, 5.41) is 19.8. The standard InChI is InChI=1S/C21H21N3O4/c1-24(2)12-23-21-16(11-22)20(15-7-6-14(25)10-18(15)28-21)13-5-8-17(26-3)19(9-13)27-4/h5-10,12,20,25H,1-4H3. The number of nitrogens with zero attached hydrogens (tertiary/aromatic N) is 3. The van der Waals surface area contributed by atoms with Crippen molar-refractivity contribution in [2.75, 3.05) is 28.3 Å². The van der Waals surface area contributed by atoms with Gasteiger partial charge in [0.2, 0.25) is 5.88 Å². The third-order valence-corrected chi connectivity index (χ3v) is 4.30. The zero-order valence-corrected chi connectivity index (χ0v) is 16.1. The predicted octanol–water partition coefficient (Wildman–Crippen LogP) is 3.26. The summed E-state index contributed by atoms with van der Waals surface area (Å²) in [6.45, 7) is 0. The van der Waals surface area contributed by atoms with Crippen LogP contribution in [0.25, 0.3) is 0 Å². The lowest BCUT2D eigenvalue weighted by atomic mass is 9.83. The summed E-state index contributed by atoms with van der Waals surface area (Å²) >= 11 is 0. The molecule has 1 heterocycles.